The molecule has 0 aliphatic rings. The van der Waals surface area contributed by atoms with Gasteiger partial charge < -0.3 is 9.67 Å². The Kier molecular flexibility index (Phi) is 2.82. The average molecular weight is 238 g/mol. The van der Waals surface area contributed by atoms with E-state index in [9.17, 15) is 5.11 Å². The van der Waals surface area contributed by atoms with E-state index in [1.807, 2.05) is 16.7 Å². The number of rotatable bonds is 3. The molecule has 0 bridgehead atoms. The zero-order chi connectivity index (χ0) is 12.4. The summed E-state index contributed by atoms with van der Waals surface area (Å²) in [6, 6.07) is 14.7. The number of benzene rings is 2. The number of hydrogen-bond acceptors (Lipinski definition) is 2. The highest BCUT2D eigenvalue weighted by Crippen LogP contribution is 2.16. The van der Waals surface area contributed by atoms with Crippen LogP contribution in [0.2, 0.25) is 0 Å². The van der Waals surface area contributed by atoms with E-state index < -0.39 is 0 Å². The molecule has 3 nitrogen and oxygen atoms in total. The molecule has 0 amide bonds. The lowest BCUT2D eigenvalue weighted by molar-refractivity contribution is 0.271. The Balaban J connectivity index is 1.95. The fourth-order valence-electron chi connectivity index (χ4n) is 2.16. The summed E-state index contributed by atoms with van der Waals surface area (Å²) in [5, 5.41) is 11.7. The normalized spacial score (nSPS) is 10.9. The van der Waals surface area contributed by atoms with Crippen molar-refractivity contribution in [1.82, 2.24) is 9.55 Å². The van der Waals surface area contributed by atoms with Gasteiger partial charge in [-0.1, -0.05) is 36.4 Å². The zero-order valence-corrected chi connectivity index (χ0v) is 9.95. The van der Waals surface area contributed by atoms with E-state index in [0.29, 0.717) is 0 Å². The molecule has 0 radical (unpaired) electrons. The van der Waals surface area contributed by atoms with Crippen LogP contribution in [0.25, 0.3) is 10.8 Å². The molecule has 0 saturated heterocycles. The molecular weight excluding hydrogens is 224 g/mol. The predicted molar refractivity (Wildman–Crippen MR) is 71.2 cm³/mol. The Morgan fingerprint density at radius 3 is 2.72 bits per heavy atom. The second-order valence-corrected chi connectivity index (χ2v) is 4.35. The van der Waals surface area contributed by atoms with Crippen LogP contribution in [-0.4, -0.2) is 14.7 Å². The molecule has 1 aromatic heterocycles. The van der Waals surface area contributed by atoms with Crippen molar-refractivity contribution in [3.05, 3.63) is 66.2 Å². The summed E-state index contributed by atoms with van der Waals surface area (Å²) in [4.78, 5) is 4.05. The third kappa shape index (κ3) is 2.00. The van der Waals surface area contributed by atoms with Crippen molar-refractivity contribution in [1.29, 1.82) is 0 Å². The molecule has 3 rings (SSSR count). The van der Waals surface area contributed by atoms with Crippen molar-refractivity contribution >= 4 is 10.8 Å². The van der Waals surface area contributed by atoms with Gasteiger partial charge in [0.05, 0.1) is 24.8 Å². The Bertz CT molecular complexity index is 673. The lowest BCUT2D eigenvalue weighted by atomic mass is 10.1. The molecule has 1 N–H and O–H groups in total. The van der Waals surface area contributed by atoms with E-state index in [1.165, 1.54) is 16.3 Å². The summed E-state index contributed by atoms with van der Waals surface area (Å²) < 4.78 is 1.96. The zero-order valence-electron chi connectivity index (χ0n) is 9.95. The van der Waals surface area contributed by atoms with E-state index in [2.05, 4.69) is 35.3 Å². The smallest absolute Gasteiger partial charge is 0.0952 e. The monoisotopic (exact) mass is 238 g/mol. The molecular formula is C15H14N2O. The number of nitrogens with zero attached hydrogens (tertiary/aromatic N) is 2. The second kappa shape index (κ2) is 4.63. The minimum atomic E-state index is 0.0214. The van der Waals surface area contributed by atoms with Gasteiger partial charge in [-0.3, -0.25) is 0 Å². The van der Waals surface area contributed by atoms with Crippen LogP contribution in [0.1, 0.15) is 11.3 Å². The summed E-state index contributed by atoms with van der Waals surface area (Å²) >= 11 is 0. The summed E-state index contributed by atoms with van der Waals surface area (Å²) in [6.07, 6.45) is 3.45. The first-order valence-electron chi connectivity index (χ1n) is 5.94. The number of imidazole rings is 1. The van der Waals surface area contributed by atoms with E-state index in [1.54, 1.807) is 12.5 Å². The maximum atomic E-state index is 9.20. The van der Waals surface area contributed by atoms with Gasteiger partial charge >= 0.3 is 0 Å². The number of aliphatic hydroxyl groups excluding tert-OH is 1. The van der Waals surface area contributed by atoms with Crippen LogP contribution in [0.15, 0.2) is 55.0 Å². The Labute approximate surface area is 105 Å². The van der Waals surface area contributed by atoms with E-state index in [4.69, 9.17) is 0 Å². The van der Waals surface area contributed by atoms with Crippen LogP contribution in [0.3, 0.4) is 0 Å². The molecule has 0 saturated carbocycles. The lowest BCUT2D eigenvalue weighted by Crippen LogP contribution is -2.02. The summed E-state index contributed by atoms with van der Waals surface area (Å²) in [6.45, 7) is 0.758. The van der Waals surface area contributed by atoms with Gasteiger partial charge in [0.1, 0.15) is 0 Å². The Morgan fingerprint density at radius 1 is 1.06 bits per heavy atom. The van der Waals surface area contributed by atoms with Crippen LogP contribution in [0.5, 0.6) is 0 Å². The van der Waals surface area contributed by atoms with E-state index in [-0.39, 0.29) is 6.61 Å². The second-order valence-electron chi connectivity index (χ2n) is 4.35. The maximum absolute atomic E-state index is 9.20. The van der Waals surface area contributed by atoms with Crippen LogP contribution in [-0.2, 0) is 13.2 Å². The maximum Gasteiger partial charge on any atom is 0.0952 e. The van der Waals surface area contributed by atoms with Crippen LogP contribution in [0.4, 0.5) is 0 Å². The van der Waals surface area contributed by atoms with Gasteiger partial charge in [-0.15, -0.1) is 0 Å². The van der Waals surface area contributed by atoms with Crippen molar-refractivity contribution in [2.24, 2.45) is 0 Å². The predicted octanol–water partition coefficient (Wildman–Crippen LogP) is 2.58. The molecule has 0 unspecified atom stereocenters. The van der Waals surface area contributed by atoms with Gasteiger partial charge in [0.15, 0.2) is 0 Å². The minimum absolute atomic E-state index is 0.0214. The Morgan fingerprint density at radius 2 is 1.89 bits per heavy atom. The highest BCUT2D eigenvalue weighted by Gasteiger charge is 2.02. The van der Waals surface area contributed by atoms with Gasteiger partial charge in [-0.05, 0) is 22.4 Å². The fourth-order valence-corrected chi connectivity index (χ4v) is 2.16. The molecule has 3 aromatic rings. The van der Waals surface area contributed by atoms with Crippen LogP contribution < -0.4 is 0 Å². The van der Waals surface area contributed by atoms with Gasteiger partial charge in [-0.2, -0.15) is 0 Å². The molecule has 0 aliphatic heterocycles. The average Bonchev–Trinajstić information content (AvgIpc) is 2.86. The Hall–Kier alpha value is -2.13. The highest BCUT2D eigenvalue weighted by atomic mass is 16.3. The number of aliphatic hydroxyl groups is 1. The van der Waals surface area contributed by atoms with Gasteiger partial charge in [0, 0.05) is 6.54 Å². The molecule has 2 aromatic carbocycles. The molecule has 0 aliphatic carbocycles. The van der Waals surface area contributed by atoms with Crippen molar-refractivity contribution in [2.75, 3.05) is 0 Å². The summed E-state index contributed by atoms with van der Waals surface area (Å²) in [5.74, 6) is 0. The van der Waals surface area contributed by atoms with Gasteiger partial charge in [-0.25, -0.2) is 4.98 Å². The molecule has 3 heteroatoms. The first-order valence-corrected chi connectivity index (χ1v) is 5.94. The molecule has 0 fully saturated rings. The van der Waals surface area contributed by atoms with Crippen molar-refractivity contribution < 1.29 is 5.11 Å². The van der Waals surface area contributed by atoms with E-state index in [0.717, 1.165) is 12.2 Å². The highest BCUT2D eigenvalue weighted by molar-refractivity contribution is 5.82. The first-order chi connectivity index (χ1) is 8.86. The minimum Gasteiger partial charge on any atom is -0.390 e. The van der Waals surface area contributed by atoms with E-state index >= 15 is 0 Å². The standard InChI is InChI=1S/C15H14N2O/c18-10-15-8-16-11-17(15)9-12-5-6-13-3-1-2-4-14(13)7-12/h1-8,11,18H,9-10H2. The van der Waals surface area contributed by atoms with Crippen LogP contribution in [0, 0.1) is 0 Å². The van der Waals surface area contributed by atoms with Crippen LogP contribution >= 0.6 is 0 Å². The third-order valence-corrected chi connectivity index (χ3v) is 3.13. The van der Waals surface area contributed by atoms with Gasteiger partial charge in [0.25, 0.3) is 0 Å². The summed E-state index contributed by atoms with van der Waals surface area (Å²) in [7, 11) is 0. The van der Waals surface area contributed by atoms with Crippen molar-refractivity contribution in [3.63, 3.8) is 0 Å². The van der Waals surface area contributed by atoms with Gasteiger partial charge in [0.2, 0.25) is 0 Å². The number of hydrogen-bond donors (Lipinski definition) is 1. The third-order valence-electron chi connectivity index (χ3n) is 3.13. The topological polar surface area (TPSA) is 38.1 Å². The number of fused-ring (bicyclic) bond motifs is 1. The first kappa shape index (κ1) is 11.0. The molecule has 0 atom stereocenters. The quantitative estimate of drug-likeness (QED) is 0.761. The lowest BCUT2D eigenvalue weighted by Gasteiger charge is -2.07. The molecule has 0 spiro atoms. The van der Waals surface area contributed by atoms with Crippen molar-refractivity contribution in [2.45, 2.75) is 13.2 Å². The van der Waals surface area contributed by atoms with Crippen molar-refractivity contribution in [3.8, 4) is 0 Å². The summed E-state index contributed by atoms with van der Waals surface area (Å²) in [5.41, 5.74) is 2.05. The number of aromatic nitrogens is 2. The molecule has 90 valence electrons. The fraction of sp³-hybridized carbons (Fsp3) is 0.133. The molecule has 18 heavy (non-hydrogen) atoms. The SMILES string of the molecule is OCc1cncn1Cc1ccc2ccccc2c1. The molecule has 1 heterocycles. The largest absolute Gasteiger partial charge is 0.390 e.